The number of anilines is 1. The van der Waals surface area contributed by atoms with Gasteiger partial charge in [-0.1, -0.05) is 0 Å². The maximum absolute atomic E-state index is 15.0. The molecule has 0 spiro atoms. The molecule has 0 aliphatic carbocycles. The van der Waals surface area contributed by atoms with Gasteiger partial charge < -0.3 is 24.2 Å². The molecule has 0 saturated carbocycles. The third kappa shape index (κ3) is 3.13. The third-order valence-electron chi connectivity index (χ3n) is 5.19. The van der Waals surface area contributed by atoms with Gasteiger partial charge in [-0.15, -0.1) is 0 Å². The molecule has 1 unspecified atom stereocenters. The SMILES string of the molecule is CC1COc2c(N3CCN(C)CC3)c(F)cc3c(=O)c(C(=O)O)cn1c23.[Zn]. The summed E-state index contributed by atoms with van der Waals surface area (Å²) >= 11 is 0. The number of pyridine rings is 1. The first-order valence-electron chi connectivity index (χ1n) is 8.59. The summed E-state index contributed by atoms with van der Waals surface area (Å²) in [4.78, 5) is 28.1. The Kier molecular flexibility index (Phi) is 5.27. The molecule has 1 N–H and O–H groups in total. The molecule has 0 amide bonds. The van der Waals surface area contributed by atoms with Crippen LogP contribution in [0.1, 0.15) is 23.3 Å². The summed E-state index contributed by atoms with van der Waals surface area (Å²) in [5.41, 5.74) is -0.224. The second kappa shape index (κ2) is 7.21. The number of piperazine rings is 1. The van der Waals surface area contributed by atoms with Crippen molar-refractivity contribution in [2.45, 2.75) is 13.0 Å². The van der Waals surface area contributed by atoms with Crippen molar-refractivity contribution in [3.63, 3.8) is 0 Å². The molecule has 9 heteroatoms. The van der Waals surface area contributed by atoms with E-state index in [2.05, 4.69) is 4.90 Å². The second-order valence-electron chi connectivity index (χ2n) is 6.97. The molecule has 1 aromatic carbocycles. The quantitative estimate of drug-likeness (QED) is 0.734. The number of carbonyl (C=O) groups is 1. The Morgan fingerprint density at radius 3 is 2.59 bits per heavy atom. The van der Waals surface area contributed by atoms with Gasteiger partial charge in [0.1, 0.15) is 17.9 Å². The van der Waals surface area contributed by atoms with Gasteiger partial charge in [0, 0.05) is 51.9 Å². The molecule has 2 aromatic rings. The van der Waals surface area contributed by atoms with Crippen LogP contribution in [-0.2, 0) is 19.5 Å². The molecule has 1 aromatic heterocycles. The number of nitrogens with zero attached hydrogens (tertiary/aromatic N) is 3. The number of rotatable bonds is 2. The van der Waals surface area contributed by atoms with Crippen LogP contribution in [0.25, 0.3) is 10.9 Å². The first-order valence-corrected chi connectivity index (χ1v) is 8.59. The van der Waals surface area contributed by atoms with Crippen LogP contribution in [-0.4, -0.2) is 60.4 Å². The van der Waals surface area contributed by atoms with Gasteiger partial charge in [0.05, 0.1) is 16.9 Å². The van der Waals surface area contributed by atoms with Crippen LogP contribution < -0.4 is 15.1 Å². The number of likely N-dealkylation sites (N-methyl/N-ethyl adjacent to an activating group) is 1. The molecule has 3 heterocycles. The van der Waals surface area contributed by atoms with Crippen LogP contribution in [0.15, 0.2) is 17.1 Å². The molecule has 1 atom stereocenters. The summed E-state index contributed by atoms with van der Waals surface area (Å²) in [6.45, 7) is 5.08. The first-order chi connectivity index (χ1) is 12.4. The molecular weight excluding hydrogens is 407 g/mol. The monoisotopic (exact) mass is 425 g/mol. The Balaban J connectivity index is 0.00000210. The van der Waals surface area contributed by atoms with Crippen molar-refractivity contribution >= 4 is 22.6 Å². The summed E-state index contributed by atoms with van der Waals surface area (Å²) in [6.07, 6.45) is 1.34. The van der Waals surface area contributed by atoms with E-state index in [-0.39, 0.29) is 43.1 Å². The average molecular weight is 427 g/mol. The fourth-order valence-electron chi connectivity index (χ4n) is 3.69. The molecule has 4 rings (SSSR count). The number of aromatic nitrogens is 1. The Morgan fingerprint density at radius 1 is 1.30 bits per heavy atom. The second-order valence-corrected chi connectivity index (χ2v) is 6.97. The topological polar surface area (TPSA) is 75.0 Å². The standard InChI is InChI=1S/C18H20FN3O4.Zn/c1-10-9-26-17-14-11(16(23)12(18(24)25)8-22(10)14)7-13(19)15(17)21-5-3-20(2)4-6-21;/h7-8,10H,3-6,9H2,1-2H3,(H,24,25);. The summed E-state index contributed by atoms with van der Waals surface area (Å²) in [7, 11) is 2.02. The van der Waals surface area contributed by atoms with E-state index in [1.165, 1.54) is 6.20 Å². The van der Waals surface area contributed by atoms with Crippen molar-refractivity contribution in [3.05, 3.63) is 33.9 Å². The number of hydrogen-bond acceptors (Lipinski definition) is 5. The predicted molar refractivity (Wildman–Crippen MR) is 95.0 cm³/mol. The predicted octanol–water partition coefficient (Wildman–Crippen LogP) is 1.54. The molecule has 1 saturated heterocycles. The van der Waals surface area contributed by atoms with Crippen molar-refractivity contribution < 1.29 is 38.5 Å². The Hall–Kier alpha value is -1.99. The fraction of sp³-hybridized carbons (Fsp3) is 0.444. The van der Waals surface area contributed by atoms with E-state index in [4.69, 9.17) is 4.74 Å². The van der Waals surface area contributed by atoms with Gasteiger partial charge in [0.2, 0.25) is 5.43 Å². The molecule has 27 heavy (non-hydrogen) atoms. The number of ether oxygens (including phenoxy) is 1. The summed E-state index contributed by atoms with van der Waals surface area (Å²) in [5.74, 6) is -1.54. The summed E-state index contributed by atoms with van der Waals surface area (Å²) in [6, 6.07) is 0.994. The van der Waals surface area contributed by atoms with Crippen LogP contribution in [0.3, 0.4) is 0 Å². The zero-order valence-electron chi connectivity index (χ0n) is 15.4. The zero-order valence-corrected chi connectivity index (χ0v) is 18.3. The van der Waals surface area contributed by atoms with Gasteiger partial charge in [-0.3, -0.25) is 4.79 Å². The van der Waals surface area contributed by atoms with Crippen LogP contribution in [0.5, 0.6) is 5.75 Å². The summed E-state index contributed by atoms with van der Waals surface area (Å²) in [5, 5.41) is 9.36. The number of hydrogen-bond donors (Lipinski definition) is 1. The number of benzene rings is 1. The van der Waals surface area contributed by atoms with Gasteiger partial charge in [-0.05, 0) is 20.0 Å². The zero-order chi connectivity index (χ0) is 18.6. The Morgan fingerprint density at radius 2 is 1.96 bits per heavy atom. The van der Waals surface area contributed by atoms with Crippen molar-refractivity contribution in [1.82, 2.24) is 9.47 Å². The normalized spacial score (nSPS) is 19.5. The minimum absolute atomic E-state index is 0. The maximum Gasteiger partial charge on any atom is 0.341 e. The van der Waals surface area contributed by atoms with E-state index in [9.17, 15) is 19.1 Å². The van der Waals surface area contributed by atoms with Crippen LogP contribution in [0, 0.1) is 5.82 Å². The minimum Gasteiger partial charge on any atom is -0.487 e. The molecule has 140 valence electrons. The van der Waals surface area contributed by atoms with Gasteiger partial charge in [-0.25, -0.2) is 9.18 Å². The number of aromatic carboxylic acids is 1. The molecule has 1 fully saturated rings. The van der Waals surface area contributed by atoms with Gasteiger partial charge in [0.25, 0.3) is 0 Å². The first kappa shape index (κ1) is 19.8. The van der Waals surface area contributed by atoms with Gasteiger partial charge >= 0.3 is 5.97 Å². The van der Waals surface area contributed by atoms with Crippen molar-refractivity contribution in [2.75, 3.05) is 44.7 Å². The molecular formula is C18H20FN3O4Zn. The van der Waals surface area contributed by atoms with Crippen LogP contribution in [0.2, 0.25) is 0 Å². The molecule has 2 aliphatic heterocycles. The Labute approximate surface area is 168 Å². The van der Waals surface area contributed by atoms with Crippen LogP contribution in [0.4, 0.5) is 10.1 Å². The Bertz CT molecular complexity index is 969. The van der Waals surface area contributed by atoms with E-state index in [0.29, 0.717) is 30.0 Å². The maximum atomic E-state index is 15.0. The smallest absolute Gasteiger partial charge is 0.341 e. The molecule has 7 nitrogen and oxygen atoms in total. The van der Waals surface area contributed by atoms with E-state index in [0.717, 1.165) is 19.2 Å². The van der Waals surface area contributed by atoms with Crippen molar-refractivity contribution in [1.29, 1.82) is 0 Å². The minimum atomic E-state index is -1.32. The van der Waals surface area contributed by atoms with Gasteiger partial charge in [0.15, 0.2) is 11.6 Å². The van der Waals surface area contributed by atoms with Crippen LogP contribution >= 0.6 is 0 Å². The number of halogens is 1. The van der Waals surface area contributed by atoms with E-state index in [1.54, 1.807) is 4.57 Å². The molecule has 0 radical (unpaired) electrons. The molecule has 2 aliphatic rings. The van der Waals surface area contributed by atoms with Crippen molar-refractivity contribution in [3.8, 4) is 5.75 Å². The van der Waals surface area contributed by atoms with Gasteiger partial charge in [-0.2, -0.15) is 0 Å². The van der Waals surface area contributed by atoms with Crippen molar-refractivity contribution in [2.24, 2.45) is 0 Å². The third-order valence-corrected chi connectivity index (χ3v) is 5.19. The average Bonchev–Trinajstić information content (AvgIpc) is 2.60. The van der Waals surface area contributed by atoms with E-state index < -0.39 is 17.2 Å². The van der Waals surface area contributed by atoms with E-state index in [1.807, 2.05) is 18.9 Å². The summed E-state index contributed by atoms with van der Waals surface area (Å²) < 4.78 is 22.6. The number of carboxylic acid groups (broad SMARTS) is 1. The number of carboxylic acids is 1. The molecule has 0 bridgehead atoms. The largest absolute Gasteiger partial charge is 0.487 e. The fourth-order valence-corrected chi connectivity index (χ4v) is 3.69. The van der Waals surface area contributed by atoms with E-state index >= 15 is 0 Å².